The van der Waals surface area contributed by atoms with Crippen molar-refractivity contribution < 1.29 is 17.9 Å². The lowest BCUT2D eigenvalue weighted by Crippen LogP contribution is -2.38. The third-order valence-electron chi connectivity index (χ3n) is 5.18. The molecule has 4 aromatic carbocycles. The van der Waals surface area contributed by atoms with E-state index in [9.17, 15) is 13.2 Å². The van der Waals surface area contributed by atoms with E-state index in [0.29, 0.717) is 18.0 Å². The molecule has 4 rings (SSSR count). The second-order valence-corrected chi connectivity index (χ2v) is 10.5. The lowest BCUT2D eigenvalue weighted by atomic mass is 10.2. The van der Waals surface area contributed by atoms with Gasteiger partial charge < -0.3 is 10.1 Å². The van der Waals surface area contributed by atoms with Crippen molar-refractivity contribution in [1.82, 2.24) is 0 Å². The predicted octanol–water partition coefficient (Wildman–Crippen LogP) is 6.41. The van der Waals surface area contributed by atoms with Gasteiger partial charge in [-0.05, 0) is 60.2 Å². The van der Waals surface area contributed by atoms with E-state index in [0.717, 1.165) is 9.87 Å². The predicted molar refractivity (Wildman–Crippen MR) is 143 cm³/mol. The quantitative estimate of drug-likeness (QED) is 0.266. The van der Waals surface area contributed by atoms with Gasteiger partial charge in [0.1, 0.15) is 18.9 Å². The van der Waals surface area contributed by atoms with Crippen LogP contribution in [-0.4, -0.2) is 20.9 Å². The highest BCUT2D eigenvalue weighted by atomic mass is 35.5. The molecule has 36 heavy (non-hydrogen) atoms. The number of halogens is 2. The summed E-state index contributed by atoms with van der Waals surface area (Å²) in [6.07, 6.45) is 0. The van der Waals surface area contributed by atoms with Gasteiger partial charge in [-0.3, -0.25) is 9.10 Å². The van der Waals surface area contributed by atoms with Crippen LogP contribution < -0.4 is 14.4 Å². The van der Waals surface area contributed by atoms with E-state index in [4.69, 9.17) is 27.9 Å². The van der Waals surface area contributed by atoms with Gasteiger partial charge in [-0.1, -0.05) is 71.7 Å². The van der Waals surface area contributed by atoms with Crippen LogP contribution in [-0.2, 0) is 21.4 Å². The molecular formula is C27H22Cl2N2O4S. The Labute approximate surface area is 220 Å². The Balaban J connectivity index is 1.50. The van der Waals surface area contributed by atoms with E-state index in [-0.39, 0.29) is 20.6 Å². The fraction of sp³-hybridized carbons (Fsp3) is 0.0741. The average molecular weight is 541 g/mol. The molecule has 0 unspecified atom stereocenters. The summed E-state index contributed by atoms with van der Waals surface area (Å²) in [6.45, 7) is -0.0945. The SMILES string of the molecule is O=C(CN(c1cc(Cl)ccc1Cl)S(=O)(=O)c1ccccc1)Nc1ccc(OCc2ccccc2)cc1. The van der Waals surface area contributed by atoms with Gasteiger partial charge in [0.05, 0.1) is 15.6 Å². The fourth-order valence-corrected chi connectivity index (χ4v) is 5.29. The number of rotatable bonds is 9. The summed E-state index contributed by atoms with van der Waals surface area (Å²) in [5.74, 6) is 0.0827. The number of hydrogen-bond donors (Lipinski definition) is 1. The number of carbonyl (C=O) groups is 1. The molecule has 0 aromatic heterocycles. The van der Waals surface area contributed by atoms with Crippen LogP contribution in [0.3, 0.4) is 0 Å². The van der Waals surface area contributed by atoms with E-state index < -0.39 is 22.5 Å². The number of nitrogens with one attached hydrogen (secondary N) is 1. The van der Waals surface area contributed by atoms with Crippen LogP contribution in [0, 0.1) is 0 Å². The van der Waals surface area contributed by atoms with Crippen molar-refractivity contribution in [1.29, 1.82) is 0 Å². The molecule has 1 amide bonds. The van der Waals surface area contributed by atoms with Gasteiger partial charge in [-0.15, -0.1) is 0 Å². The number of sulfonamides is 1. The first kappa shape index (κ1) is 25.6. The molecule has 0 aliphatic carbocycles. The normalized spacial score (nSPS) is 11.1. The minimum Gasteiger partial charge on any atom is -0.489 e. The maximum atomic E-state index is 13.4. The second kappa shape index (κ2) is 11.5. The molecule has 1 N–H and O–H groups in total. The summed E-state index contributed by atoms with van der Waals surface area (Å²) in [6, 6.07) is 28.8. The minimum atomic E-state index is -4.11. The fourth-order valence-electron chi connectivity index (χ4n) is 3.40. The first-order chi connectivity index (χ1) is 17.3. The number of amides is 1. The Morgan fingerprint density at radius 3 is 2.14 bits per heavy atom. The van der Waals surface area contributed by atoms with Gasteiger partial charge >= 0.3 is 0 Å². The van der Waals surface area contributed by atoms with Crippen LogP contribution in [0.25, 0.3) is 0 Å². The van der Waals surface area contributed by atoms with Gasteiger partial charge in [0.25, 0.3) is 10.0 Å². The first-order valence-corrected chi connectivity index (χ1v) is 13.1. The van der Waals surface area contributed by atoms with Gasteiger partial charge in [0.15, 0.2) is 0 Å². The van der Waals surface area contributed by atoms with Gasteiger partial charge in [0, 0.05) is 10.7 Å². The standard InChI is InChI=1S/C27H22Cl2N2O4S/c28-21-11-16-25(29)26(17-21)31(36(33,34)24-9-5-2-6-10-24)18-27(32)30-22-12-14-23(15-13-22)35-19-20-7-3-1-4-8-20/h1-17H,18-19H2,(H,30,32). The van der Waals surface area contributed by atoms with Gasteiger partial charge in [0.2, 0.25) is 5.91 Å². The summed E-state index contributed by atoms with van der Waals surface area (Å²) >= 11 is 12.4. The Kier molecular flexibility index (Phi) is 8.15. The zero-order chi connectivity index (χ0) is 25.5. The van der Waals surface area contributed by atoms with Crippen molar-refractivity contribution in [3.05, 3.63) is 119 Å². The summed E-state index contributed by atoms with van der Waals surface area (Å²) in [7, 11) is -4.11. The minimum absolute atomic E-state index is 0.0220. The molecule has 6 nitrogen and oxygen atoms in total. The molecule has 0 saturated heterocycles. The molecule has 0 saturated carbocycles. The van der Waals surface area contributed by atoms with Crippen molar-refractivity contribution in [2.45, 2.75) is 11.5 Å². The zero-order valence-electron chi connectivity index (χ0n) is 19.0. The number of carbonyl (C=O) groups excluding carboxylic acids is 1. The smallest absolute Gasteiger partial charge is 0.264 e. The zero-order valence-corrected chi connectivity index (χ0v) is 21.3. The average Bonchev–Trinajstić information content (AvgIpc) is 2.89. The molecule has 0 bridgehead atoms. The molecule has 9 heteroatoms. The third-order valence-corrected chi connectivity index (χ3v) is 7.51. The van der Waals surface area contributed by atoms with E-state index in [1.54, 1.807) is 48.5 Å². The van der Waals surface area contributed by atoms with Crippen LogP contribution in [0.1, 0.15) is 5.56 Å². The van der Waals surface area contributed by atoms with E-state index in [1.807, 2.05) is 30.3 Å². The van der Waals surface area contributed by atoms with Crippen molar-refractivity contribution in [3.8, 4) is 5.75 Å². The van der Waals surface area contributed by atoms with Gasteiger partial charge in [-0.2, -0.15) is 0 Å². The Hall–Kier alpha value is -3.52. The van der Waals surface area contributed by atoms with Gasteiger partial charge in [-0.25, -0.2) is 8.42 Å². The molecule has 0 spiro atoms. The van der Waals surface area contributed by atoms with Crippen LogP contribution in [0.15, 0.2) is 108 Å². The molecular weight excluding hydrogens is 519 g/mol. The van der Waals surface area contributed by atoms with Crippen LogP contribution in [0.2, 0.25) is 10.0 Å². The molecule has 0 aliphatic rings. The highest BCUT2D eigenvalue weighted by Gasteiger charge is 2.29. The molecule has 0 heterocycles. The molecule has 0 radical (unpaired) electrons. The monoisotopic (exact) mass is 540 g/mol. The molecule has 0 aliphatic heterocycles. The summed E-state index contributed by atoms with van der Waals surface area (Å²) in [5.41, 5.74) is 1.63. The highest BCUT2D eigenvalue weighted by Crippen LogP contribution is 2.33. The van der Waals surface area contributed by atoms with Crippen molar-refractivity contribution in [2.75, 3.05) is 16.2 Å². The number of ether oxygens (including phenoxy) is 1. The Morgan fingerprint density at radius 2 is 1.47 bits per heavy atom. The lowest BCUT2D eigenvalue weighted by molar-refractivity contribution is -0.114. The van der Waals surface area contributed by atoms with Crippen molar-refractivity contribution >= 4 is 50.5 Å². The number of hydrogen-bond acceptors (Lipinski definition) is 4. The maximum absolute atomic E-state index is 13.4. The van der Waals surface area contributed by atoms with E-state index in [1.165, 1.54) is 24.3 Å². The Bertz CT molecular complexity index is 1430. The summed E-state index contributed by atoms with van der Waals surface area (Å²) in [5, 5.41) is 3.16. The Morgan fingerprint density at radius 1 is 0.833 bits per heavy atom. The van der Waals surface area contributed by atoms with E-state index in [2.05, 4.69) is 5.32 Å². The number of anilines is 2. The third kappa shape index (κ3) is 6.37. The van der Waals surface area contributed by atoms with E-state index >= 15 is 0 Å². The number of benzene rings is 4. The first-order valence-electron chi connectivity index (χ1n) is 10.9. The van der Waals surface area contributed by atoms with Crippen LogP contribution >= 0.6 is 23.2 Å². The highest BCUT2D eigenvalue weighted by molar-refractivity contribution is 7.92. The van der Waals surface area contributed by atoms with Crippen LogP contribution in [0.4, 0.5) is 11.4 Å². The summed E-state index contributed by atoms with van der Waals surface area (Å²) < 4.78 is 33.6. The van der Waals surface area contributed by atoms with Crippen molar-refractivity contribution in [3.63, 3.8) is 0 Å². The molecule has 4 aromatic rings. The van der Waals surface area contributed by atoms with Crippen molar-refractivity contribution in [2.24, 2.45) is 0 Å². The molecule has 0 fully saturated rings. The molecule has 184 valence electrons. The summed E-state index contributed by atoms with van der Waals surface area (Å²) in [4.78, 5) is 13.0. The molecule has 0 atom stereocenters. The largest absolute Gasteiger partial charge is 0.489 e. The lowest BCUT2D eigenvalue weighted by Gasteiger charge is -2.25. The second-order valence-electron chi connectivity index (χ2n) is 7.77. The number of nitrogens with zero attached hydrogens (tertiary/aromatic N) is 1. The maximum Gasteiger partial charge on any atom is 0.264 e. The topological polar surface area (TPSA) is 75.7 Å². The van der Waals surface area contributed by atoms with Crippen LogP contribution in [0.5, 0.6) is 5.75 Å².